The number of nitrogens with one attached hydrogen (secondary N) is 1. The molecule has 2 aromatic heterocycles. The van der Waals surface area contributed by atoms with E-state index in [0.29, 0.717) is 23.9 Å². The van der Waals surface area contributed by atoms with Crippen molar-refractivity contribution in [2.45, 2.75) is 19.3 Å². The largest absolute Gasteiger partial charge is 0.338 e. The lowest BCUT2D eigenvalue weighted by atomic mass is 10.1. The molecule has 1 aliphatic rings. The van der Waals surface area contributed by atoms with Gasteiger partial charge in [0.15, 0.2) is 5.13 Å². The number of likely N-dealkylation sites (tertiary alicyclic amines) is 1. The average Bonchev–Trinajstić information content (AvgIpc) is 3.16. The Balaban J connectivity index is 1.67. The zero-order valence-electron chi connectivity index (χ0n) is 12.4. The van der Waals surface area contributed by atoms with E-state index >= 15 is 0 Å². The fourth-order valence-electron chi connectivity index (χ4n) is 2.67. The van der Waals surface area contributed by atoms with Crippen molar-refractivity contribution >= 4 is 28.3 Å². The van der Waals surface area contributed by atoms with Gasteiger partial charge < -0.3 is 14.8 Å². The molecule has 7 nitrogen and oxygen atoms in total. The summed E-state index contributed by atoms with van der Waals surface area (Å²) in [5, 5.41) is 4.73. The lowest BCUT2D eigenvalue weighted by Crippen LogP contribution is -2.29. The van der Waals surface area contributed by atoms with E-state index in [1.807, 2.05) is 17.8 Å². The highest BCUT2D eigenvalue weighted by atomic mass is 32.1. The number of carbonyl (C=O) groups is 2. The van der Waals surface area contributed by atoms with Crippen molar-refractivity contribution in [3.63, 3.8) is 0 Å². The van der Waals surface area contributed by atoms with Crippen molar-refractivity contribution in [3.05, 3.63) is 29.3 Å². The maximum absolute atomic E-state index is 12.5. The van der Waals surface area contributed by atoms with Gasteiger partial charge in [-0.1, -0.05) is 0 Å². The molecule has 2 amide bonds. The molecule has 3 rings (SSSR count). The van der Waals surface area contributed by atoms with Crippen LogP contribution in [0.25, 0.3) is 0 Å². The predicted molar refractivity (Wildman–Crippen MR) is 82.9 cm³/mol. The summed E-state index contributed by atoms with van der Waals surface area (Å²) in [5.74, 6) is 0.985. The van der Waals surface area contributed by atoms with Crippen molar-refractivity contribution in [3.8, 4) is 0 Å². The fraction of sp³-hybridized carbons (Fsp3) is 0.429. The zero-order valence-corrected chi connectivity index (χ0v) is 13.3. The van der Waals surface area contributed by atoms with E-state index in [0.717, 1.165) is 12.2 Å². The molecule has 0 saturated carbocycles. The molecule has 2 aromatic rings. The monoisotopic (exact) mass is 319 g/mol. The average molecular weight is 319 g/mol. The molecule has 0 radical (unpaired) electrons. The van der Waals surface area contributed by atoms with E-state index in [1.165, 1.54) is 18.3 Å². The number of amides is 2. The van der Waals surface area contributed by atoms with Crippen LogP contribution in [0.4, 0.5) is 5.13 Å². The van der Waals surface area contributed by atoms with Crippen LogP contribution in [0.5, 0.6) is 0 Å². The Bertz CT molecular complexity index is 708. The van der Waals surface area contributed by atoms with Crippen LogP contribution in [-0.2, 0) is 11.8 Å². The number of thiazole rings is 1. The number of carbonyl (C=O) groups excluding carboxylic acids is 2. The van der Waals surface area contributed by atoms with E-state index in [1.54, 1.807) is 16.5 Å². The van der Waals surface area contributed by atoms with Gasteiger partial charge in [-0.05, 0) is 6.42 Å². The number of anilines is 1. The third kappa shape index (κ3) is 2.87. The minimum absolute atomic E-state index is 0.0930. The maximum atomic E-state index is 12.5. The van der Waals surface area contributed by atoms with E-state index in [4.69, 9.17) is 0 Å². The number of aryl methyl sites for hydroxylation is 1. The number of imidazole rings is 1. The summed E-state index contributed by atoms with van der Waals surface area (Å²) >= 11 is 1.26. The standard InChI is InChI=1S/C14H17N5O2S/c1-9(20)16-14-17-11(8-22-14)13(21)19-5-3-10(7-19)12-15-4-6-18(12)2/h4,6,8,10H,3,5,7H2,1-2H3,(H,16,17,20). The first-order chi connectivity index (χ1) is 10.5. The smallest absolute Gasteiger partial charge is 0.273 e. The summed E-state index contributed by atoms with van der Waals surface area (Å²) in [4.78, 5) is 33.8. The molecule has 1 aliphatic heterocycles. The Kier molecular flexibility index (Phi) is 3.93. The zero-order chi connectivity index (χ0) is 15.7. The quantitative estimate of drug-likeness (QED) is 0.929. The van der Waals surface area contributed by atoms with Crippen LogP contribution < -0.4 is 5.32 Å². The van der Waals surface area contributed by atoms with Gasteiger partial charge in [0.25, 0.3) is 5.91 Å². The molecule has 1 fully saturated rings. The Morgan fingerprint density at radius 2 is 2.27 bits per heavy atom. The topological polar surface area (TPSA) is 80.1 Å². The molecule has 0 spiro atoms. The van der Waals surface area contributed by atoms with Gasteiger partial charge in [0.1, 0.15) is 11.5 Å². The van der Waals surface area contributed by atoms with Gasteiger partial charge in [0, 0.05) is 50.8 Å². The van der Waals surface area contributed by atoms with Crippen molar-refractivity contribution in [2.24, 2.45) is 7.05 Å². The number of hydrogen-bond acceptors (Lipinski definition) is 5. The van der Waals surface area contributed by atoms with Crippen LogP contribution in [0.15, 0.2) is 17.8 Å². The summed E-state index contributed by atoms with van der Waals surface area (Å²) in [6.07, 6.45) is 4.60. The first-order valence-electron chi connectivity index (χ1n) is 7.04. The van der Waals surface area contributed by atoms with Crippen LogP contribution in [0.2, 0.25) is 0 Å². The van der Waals surface area contributed by atoms with Gasteiger partial charge in [0.05, 0.1) is 0 Å². The van der Waals surface area contributed by atoms with Gasteiger partial charge in [-0.3, -0.25) is 9.59 Å². The van der Waals surface area contributed by atoms with Crippen molar-refractivity contribution in [1.82, 2.24) is 19.4 Å². The number of rotatable bonds is 3. The van der Waals surface area contributed by atoms with Gasteiger partial charge in [-0.2, -0.15) is 0 Å². The van der Waals surface area contributed by atoms with Gasteiger partial charge in [0.2, 0.25) is 5.91 Å². The van der Waals surface area contributed by atoms with Crippen LogP contribution in [0.3, 0.4) is 0 Å². The van der Waals surface area contributed by atoms with Crippen LogP contribution in [0, 0.1) is 0 Å². The van der Waals surface area contributed by atoms with Gasteiger partial charge in [-0.15, -0.1) is 11.3 Å². The number of hydrogen-bond donors (Lipinski definition) is 1. The van der Waals surface area contributed by atoms with E-state index < -0.39 is 0 Å². The predicted octanol–water partition coefficient (Wildman–Crippen LogP) is 1.46. The Morgan fingerprint density at radius 1 is 1.45 bits per heavy atom. The highest BCUT2D eigenvalue weighted by Gasteiger charge is 2.31. The maximum Gasteiger partial charge on any atom is 0.273 e. The molecule has 1 N–H and O–H groups in total. The highest BCUT2D eigenvalue weighted by Crippen LogP contribution is 2.27. The SMILES string of the molecule is CC(=O)Nc1nc(C(=O)N2CCC(c3nccn3C)C2)cs1. The first kappa shape index (κ1) is 14.7. The molecule has 22 heavy (non-hydrogen) atoms. The molecule has 1 saturated heterocycles. The minimum Gasteiger partial charge on any atom is -0.338 e. The Labute approximate surface area is 132 Å². The summed E-state index contributed by atoms with van der Waals surface area (Å²) in [7, 11) is 1.97. The molecule has 116 valence electrons. The molecule has 1 atom stereocenters. The van der Waals surface area contributed by atoms with E-state index in [9.17, 15) is 9.59 Å². The molecule has 0 aromatic carbocycles. The number of aromatic nitrogens is 3. The number of nitrogens with zero attached hydrogens (tertiary/aromatic N) is 4. The first-order valence-corrected chi connectivity index (χ1v) is 7.92. The van der Waals surface area contributed by atoms with E-state index in [-0.39, 0.29) is 17.7 Å². The molecular formula is C14H17N5O2S. The van der Waals surface area contributed by atoms with Crippen LogP contribution in [-0.4, -0.2) is 44.3 Å². The molecular weight excluding hydrogens is 302 g/mol. The third-order valence-corrected chi connectivity index (χ3v) is 4.46. The molecule has 3 heterocycles. The summed E-state index contributed by atoms with van der Waals surface area (Å²) in [6, 6.07) is 0. The second-order valence-electron chi connectivity index (χ2n) is 5.35. The summed E-state index contributed by atoms with van der Waals surface area (Å²) in [5.41, 5.74) is 0.384. The van der Waals surface area contributed by atoms with Crippen molar-refractivity contribution in [1.29, 1.82) is 0 Å². The molecule has 0 aliphatic carbocycles. The second-order valence-corrected chi connectivity index (χ2v) is 6.21. The fourth-order valence-corrected chi connectivity index (χ4v) is 3.40. The lowest BCUT2D eigenvalue weighted by molar-refractivity contribution is -0.114. The lowest BCUT2D eigenvalue weighted by Gasteiger charge is -2.15. The van der Waals surface area contributed by atoms with Gasteiger partial charge >= 0.3 is 0 Å². The van der Waals surface area contributed by atoms with E-state index in [2.05, 4.69) is 15.3 Å². The Morgan fingerprint density at radius 3 is 2.95 bits per heavy atom. The Hall–Kier alpha value is -2.22. The van der Waals surface area contributed by atoms with Crippen LogP contribution in [0.1, 0.15) is 35.6 Å². The molecule has 0 bridgehead atoms. The van der Waals surface area contributed by atoms with Crippen molar-refractivity contribution in [2.75, 3.05) is 18.4 Å². The van der Waals surface area contributed by atoms with Crippen molar-refractivity contribution < 1.29 is 9.59 Å². The van der Waals surface area contributed by atoms with Crippen LogP contribution >= 0.6 is 11.3 Å². The third-order valence-electron chi connectivity index (χ3n) is 3.71. The second kappa shape index (κ2) is 5.88. The summed E-state index contributed by atoms with van der Waals surface area (Å²) in [6.45, 7) is 2.76. The van der Waals surface area contributed by atoms with Gasteiger partial charge in [-0.25, -0.2) is 9.97 Å². The summed E-state index contributed by atoms with van der Waals surface area (Å²) < 4.78 is 2.00. The normalized spacial score (nSPS) is 17.7. The molecule has 8 heteroatoms. The minimum atomic E-state index is -0.190. The molecule has 1 unspecified atom stereocenters. The highest BCUT2D eigenvalue weighted by molar-refractivity contribution is 7.14.